The Morgan fingerprint density at radius 2 is 2.14 bits per heavy atom. The highest BCUT2D eigenvalue weighted by Crippen LogP contribution is 2.23. The lowest BCUT2D eigenvalue weighted by Gasteiger charge is -2.41. The van der Waals surface area contributed by atoms with Gasteiger partial charge in [-0.25, -0.2) is 0 Å². The summed E-state index contributed by atoms with van der Waals surface area (Å²) in [6.45, 7) is 8.67. The Morgan fingerprint density at radius 3 is 2.76 bits per heavy atom. The van der Waals surface area contributed by atoms with Gasteiger partial charge in [-0.1, -0.05) is 37.3 Å². The van der Waals surface area contributed by atoms with Gasteiger partial charge in [-0.15, -0.1) is 0 Å². The minimum Gasteiger partial charge on any atom is -0.394 e. The number of benzene rings is 1. The van der Waals surface area contributed by atoms with Crippen molar-refractivity contribution in [1.82, 2.24) is 10.2 Å². The number of nitrogens with zero attached hydrogens (tertiary/aromatic N) is 1. The molecule has 0 bridgehead atoms. The predicted octanol–water partition coefficient (Wildman–Crippen LogP) is 1.59. The molecule has 1 fully saturated rings. The number of aliphatic hydroxyl groups excluding tert-OH is 1. The van der Waals surface area contributed by atoms with Crippen LogP contribution in [-0.4, -0.2) is 55.5 Å². The highest BCUT2D eigenvalue weighted by Gasteiger charge is 2.34. The Balaban J connectivity index is 2.18. The summed E-state index contributed by atoms with van der Waals surface area (Å²) in [7, 11) is 0. The largest absolute Gasteiger partial charge is 0.394 e. The number of hydrogen-bond acceptors (Lipinski definition) is 4. The van der Waals surface area contributed by atoms with Crippen LogP contribution in [0.2, 0.25) is 0 Å². The van der Waals surface area contributed by atoms with Crippen LogP contribution < -0.4 is 5.32 Å². The lowest BCUT2D eigenvalue weighted by molar-refractivity contribution is -0.0326. The quantitative estimate of drug-likeness (QED) is 0.801. The van der Waals surface area contributed by atoms with Crippen molar-refractivity contribution < 1.29 is 9.84 Å². The van der Waals surface area contributed by atoms with Crippen LogP contribution in [0.25, 0.3) is 0 Å². The van der Waals surface area contributed by atoms with Crippen LogP contribution >= 0.6 is 0 Å². The summed E-state index contributed by atoms with van der Waals surface area (Å²) < 4.78 is 5.62. The molecule has 0 aromatic heterocycles. The average Bonchev–Trinajstić information content (AvgIpc) is 2.52. The minimum atomic E-state index is -0.395. The molecule has 1 aliphatic rings. The molecular weight excluding hydrogens is 264 g/mol. The summed E-state index contributed by atoms with van der Waals surface area (Å²) in [5.74, 6) is 0. The van der Waals surface area contributed by atoms with Crippen molar-refractivity contribution in [3.05, 3.63) is 35.9 Å². The molecular formula is C17H28N2O2. The van der Waals surface area contributed by atoms with Gasteiger partial charge in [0.1, 0.15) is 0 Å². The number of ether oxygens (including phenoxy) is 1. The maximum absolute atomic E-state index is 10.1. The predicted molar refractivity (Wildman–Crippen MR) is 85.4 cm³/mol. The molecule has 4 nitrogen and oxygen atoms in total. The van der Waals surface area contributed by atoms with E-state index in [0.717, 1.165) is 44.8 Å². The topological polar surface area (TPSA) is 44.7 Å². The molecule has 0 amide bonds. The van der Waals surface area contributed by atoms with Gasteiger partial charge in [0.15, 0.2) is 0 Å². The standard InChI is InChI=1S/C17H28N2O2/c1-3-9-18-17(14-20,16-7-5-4-6-8-16)13-19-10-11-21-15(2)12-19/h4-8,15,18,20H,3,9-14H2,1-2H3. The van der Waals surface area contributed by atoms with Crippen molar-refractivity contribution in [3.63, 3.8) is 0 Å². The Labute approximate surface area is 128 Å². The summed E-state index contributed by atoms with van der Waals surface area (Å²) >= 11 is 0. The normalized spacial score (nSPS) is 22.9. The molecule has 2 N–H and O–H groups in total. The molecule has 118 valence electrons. The fourth-order valence-electron chi connectivity index (χ4n) is 2.98. The molecule has 4 heteroatoms. The molecule has 1 heterocycles. The highest BCUT2D eigenvalue weighted by molar-refractivity contribution is 5.25. The first-order valence-electron chi connectivity index (χ1n) is 7.95. The van der Waals surface area contributed by atoms with E-state index in [-0.39, 0.29) is 12.7 Å². The van der Waals surface area contributed by atoms with E-state index in [9.17, 15) is 5.11 Å². The zero-order valence-electron chi connectivity index (χ0n) is 13.2. The Bertz CT molecular complexity index is 413. The van der Waals surface area contributed by atoms with Gasteiger partial charge in [-0.2, -0.15) is 0 Å². The van der Waals surface area contributed by atoms with Gasteiger partial charge in [-0.3, -0.25) is 4.90 Å². The molecule has 2 atom stereocenters. The number of nitrogens with one attached hydrogen (secondary N) is 1. The number of morpholine rings is 1. The first-order chi connectivity index (χ1) is 10.2. The Morgan fingerprint density at radius 1 is 1.38 bits per heavy atom. The van der Waals surface area contributed by atoms with Gasteiger partial charge in [0.25, 0.3) is 0 Å². The van der Waals surface area contributed by atoms with Crippen molar-refractivity contribution in [2.45, 2.75) is 31.9 Å². The first kappa shape index (κ1) is 16.4. The van der Waals surface area contributed by atoms with E-state index in [0.29, 0.717) is 0 Å². The monoisotopic (exact) mass is 292 g/mol. The molecule has 1 aliphatic heterocycles. The maximum atomic E-state index is 10.1. The molecule has 0 radical (unpaired) electrons. The lowest BCUT2D eigenvalue weighted by Crippen LogP contribution is -2.56. The molecule has 0 saturated carbocycles. The van der Waals surface area contributed by atoms with Crippen molar-refractivity contribution in [1.29, 1.82) is 0 Å². The summed E-state index contributed by atoms with van der Waals surface area (Å²) in [6.07, 6.45) is 1.31. The van der Waals surface area contributed by atoms with Gasteiger partial charge in [0.2, 0.25) is 0 Å². The first-order valence-corrected chi connectivity index (χ1v) is 7.95. The SMILES string of the molecule is CCCNC(CO)(CN1CCOC(C)C1)c1ccccc1. The average molecular weight is 292 g/mol. The molecule has 1 aromatic carbocycles. The smallest absolute Gasteiger partial charge is 0.0797 e. The van der Waals surface area contributed by atoms with Crippen molar-refractivity contribution in [2.24, 2.45) is 0 Å². The second-order valence-corrected chi connectivity index (χ2v) is 5.95. The fourth-order valence-corrected chi connectivity index (χ4v) is 2.98. The van der Waals surface area contributed by atoms with E-state index in [1.807, 2.05) is 18.2 Å². The molecule has 2 rings (SSSR count). The summed E-state index contributed by atoms with van der Waals surface area (Å²) in [5, 5.41) is 13.7. The highest BCUT2D eigenvalue weighted by atomic mass is 16.5. The van der Waals surface area contributed by atoms with Crippen LogP contribution in [0.15, 0.2) is 30.3 Å². The van der Waals surface area contributed by atoms with Gasteiger partial charge < -0.3 is 15.2 Å². The van der Waals surface area contributed by atoms with Gasteiger partial charge in [0, 0.05) is 19.6 Å². The van der Waals surface area contributed by atoms with E-state index in [1.165, 1.54) is 0 Å². The number of hydrogen-bond donors (Lipinski definition) is 2. The van der Waals surface area contributed by atoms with Crippen LogP contribution in [0, 0.1) is 0 Å². The van der Waals surface area contributed by atoms with Crippen LogP contribution in [0.1, 0.15) is 25.8 Å². The van der Waals surface area contributed by atoms with Crippen LogP contribution in [0.5, 0.6) is 0 Å². The van der Waals surface area contributed by atoms with E-state index < -0.39 is 5.54 Å². The van der Waals surface area contributed by atoms with Gasteiger partial charge >= 0.3 is 0 Å². The van der Waals surface area contributed by atoms with E-state index >= 15 is 0 Å². The molecule has 1 aromatic rings. The Hall–Kier alpha value is -0.940. The van der Waals surface area contributed by atoms with Crippen LogP contribution in [0.4, 0.5) is 0 Å². The molecule has 1 saturated heterocycles. The Kier molecular flexibility index (Phi) is 6.18. The second-order valence-electron chi connectivity index (χ2n) is 5.95. The number of rotatable bonds is 7. The summed E-state index contributed by atoms with van der Waals surface area (Å²) in [5.41, 5.74) is 0.758. The zero-order valence-corrected chi connectivity index (χ0v) is 13.2. The summed E-state index contributed by atoms with van der Waals surface area (Å²) in [4.78, 5) is 2.39. The third kappa shape index (κ3) is 4.27. The van der Waals surface area contributed by atoms with Crippen molar-refractivity contribution >= 4 is 0 Å². The molecule has 2 unspecified atom stereocenters. The summed E-state index contributed by atoms with van der Waals surface area (Å²) in [6, 6.07) is 10.3. The van der Waals surface area contributed by atoms with Crippen LogP contribution in [0.3, 0.4) is 0 Å². The van der Waals surface area contributed by atoms with E-state index in [4.69, 9.17) is 4.74 Å². The fraction of sp³-hybridized carbons (Fsp3) is 0.647. The van der Waals surface area contributed by atoms with Gasteiger partial charge in [0.05, 0.1) is 24.9 Å². The third-order valence-electron chi connectivity index (χ3n) is 4.13. The lowest BCUT2D eigenvalue weighted by atomic mass is 9.89. The van der Waals surface area contributed by atoms with Crippen LogP contribution in [-0.2, 0) is 10.3 Å². The van der Waals surface area contributed by atoms with E-state index in [1.54, 1.807) is 0 Å². The van der Waals surface area contributed by atoms with Crippen molar-refractivity contribution in [2.75, 3.05) is 39.4 Å². The second kappa shape index (κ2) is 7.90. The van der Waals surface area contributed by atoms with Gasteiger partial charge in [-0.05, 0) is 25.5 Å². The minimum absolute atomic E-state index is 0.1000. The van der Waals surface area contributed by atoms with Crippen molar-refractivity contribution in [3.8, 4) is 0 Å². The molecule has 0 spiro atoms. The zero-order chi connectivity index (χ0) is 15.1. The molecule has 21 heavy (non-hydrogen) atoms. The number of aliphatic hydroxyl groups is 1. The molecule has 0 aliphatic carbocycles. The van der Waals surface area contributed by atoms with E-state index in [2.05, 4.69) is 36.2 Å². The maximum Gasteiger partial charge on any atom is 0.0797 e. The third-order valence-corrected chi connectivity index (χ3v) is 4.13.